The Morgan fingerprint density at radius 3 is 2.57 bits per heavy atom. The van der Waals surface area contributed by atoms with Gasteiger partial charge in [-0.1, -0.05) is 23.5 Å². The van der Waals surface area contributed by atoms with E-state index in [2.05, 4.69) is 17.9 Å². The fourth-order valence-electron chi connectivity index (χ4n) is 4.19. The minimum Gasteiger partial charge on any atom is -0.494 e. The Labute approximate surface area is 208 Å². The lowest BCUT2D eigenvalue weighted by Crippen LogP contribution is -2.54. The number of carbonyl (C=O) groups is 1. The highest BCUT2D eigenvalue weighted by Gasteiger charge is 2.52. The van der Waals surface area contributed by atoms with Crippen LogP contribution >= 0.6 is 11.3 Å². The van der Waals surface area contributed by atoms with Gasteiger partial charge in [0.15, 0.2) is 19.7 Å². The van der Waals surface area contributed by atoms with E-state index in [0.717, 1.165) is 34.9 Å². The molecule has 11 heteroatoms. The summed E-state index contributed by atoms with van der Waals surface area (Å²) in [6.45, 7) is 4.42. The standard InChI is InChI=1S/C24H29N3O6S2/c1-2-27(23-25-20-6-3-4-7-21(20)34-23)14-5-15-33-18-8-10-19(11-9-18)35(30,31)24(22(28)26-29)12-16-32-17-13-24/h3-4,6-11,29H,2,5,12-17H2,1H3,(H,26,28). The van der Waals surface area contributed by atoms with Crippen LogP contribution in [0, 0.1) is 0 Å². The maximum absolute atomic E-state index is 13.3. The molecule has 1 saturated heterocycles. The first-order chi connectivity index (χ1) is 16.9. The fourth-order valence-corrected chi connectivity index (χ4v) is 7.19. The highest BCUT2D eigenvalue weighted by molar-refractivity contribution is 7.93. The van der Waals surface area contributed by atoms with Gasteiger partial charge < -0.3 is 14.4 Å². The van der Waals surface area contributed by atoms with Crippen LogP contribution in [0.3, 0.4) is 0 Å². The molecule has 3 aromatic rings. The molecule has 188 valence electrons. The summed E-state index contributed by atoms with van der Waals surface area (Å²) >= 11 is 1.67. The molecule has 9 nitrogen and oxygen atoms in total. The van der Waals surface area contributed by atoms with Crippen LogP contribution in [0.15, 0.2) is 53.4 Å². The normalized spacial score (nSPS) is 15.6. The Hall–Kier alpha value is -2.73. The highest BCUT2D eigenvalue weighted by Crippen LogP contribution is 2.36. The van der Waals surface area contributed by atoms with Crippen molar-refractivity contribution in [2.45, 2.75) is 35.8 Å². The summed E-state index contributed by atoms with van der Waals surface area (Å²) in [5.41, 5.74) is 2.52. The van der Waals surface area contributed by atoms with Crippen LogP contribution in [-0.4, -0.2) is 62.2 Å². The zero-order valence-corrected chi connectivity index (χ0v) is 21.1. The van der Waals surface area contributed by atoms with Crippen LogP contribution in [0.4, 0.5) is 5.13 Å². The van der Waals surface area contributed by atoms with Crippen molar-refractivity contribution < 1.29 is 27.9 Å². The predicted octanol–water partition coefficient (Wildman–Crippen LogP) is 3.42. The van der Waals surface area contributed by atoms with Crippen LogP contribution in [0.2, 0.25) is 0 Å². The number of nitrogens with one attached hydrogen (secondary N) is 1. The molecule has 35 heavy (non-hydrogen) atoms. The van der Waals surface area contributed by atoms with Crippen molar-refractivity contribution in [3.63, 3.8) is 0 Å². The Balaban J connectivity index is 1.36. The number of carbonyl (C=O) groups excluding carboxylic acids is 1. The van der Waals surface area contributed by atoms with E-state index in [9.17, 15) is 13.2 Å². The van der Waals surface area contributed by atoms with Crippen molar-refractivity contribution in [1.29, 1.82) is 0 Å². The average Bonchev–Trinajstić information content (AvgIpc) is 3.33. The van der Waals surface area contributed by atoms with Crippen LogP contribution in [-0.2, 0) is 19.4 Å². The first kappa shape index (κ1) is 25.4. The molecule has 1 aliphatic heterocycles. The lowest BCUT2D eigenvalue weighted by Gasteiger charge is -2.34. The summed E-state index contributed by atoms with van der Waals surface area (Å²) in [7, 11) is -4.05. The van der Waals surface area contributed by atoms with Gasteiger partial charge in [-0.3, -0.25) is 10.0 Å². The van der Waals surface area contributed by atoms with Crippen molar-refractivity contribution in [1.82, 2.24) is 10.5 Å². The van der Waals surface area contributed by atoms with E-state index in [4.69, 9.17) is 19.7 Å². The van der Waals surface area contributed by atoms with Crippen molar-refractivity contribution >= 4 is 42.4 Å². The van der Waals surface area contributed by atoms with Gasteiger partial charge in [-0.25, -0.2) is 18.9 Å². The third kappa shape index (κ3) is 5.13. The molecule has 0 spiro atoms. The van der Waals surface area contributed by atoms with Crippen molar-refractivity contribution in [3.8, 4) is 5.75 Å². The summed E-state index contributed by atoms with van der Waals surface area (Å²) in [6.07, 6.45) is 0.717. The Kier molecular flexibility index (Phi) is 7.90. The molecule has 0 saturated carbocycles. The smallest absolute Gasteiger partial charge is 0.265 e. The number of ether oxygens (including phenoxy) is 2. The maximum atomic E-state index is 13.3. The fraction of sp³-hybridized carbons (Fsp3) is 0.417. The molecule has 1 fully saturated rings. The number of sulfone groups is 1. The third-order valence-electron chi connectivity index (χ3n) is 6.24. The molecule has 0 bridgehead atoms. The largest absolute Gasteiger partial charge is 0.494 e. The number of rotatable bonds is 10. The summed E-state index contributed by atoms with van der Waals surface area (Å²) in [6, 6.07) is 14.1. The molecule has 1 aromatic heterocycles. The Morgan fingerprint density at radius 2 is 1.91 bits per heavy atom. The van der Waals surface area contributed by atoms with Gasteiger partial charge in [0, 0.05) is 26.3 Å². The second-order valence-corrected chi connectivity index (χ2v) is 11.5. The molecule has 1 aliphatic rings. The summed E-state index contributed by atoms with van der Waals surface area (Å²) < 4.78 is 37.1. The van der Waals surface area contributed by atoms with Crippen LogP contribution in [0.1, 0.15) is 26.2 Å². The van der Waals surface area contributed by atoms with Crippen molar-refractivity contribution in [3.05, 3.63) is 48.5 Å². The number of hydroxylamine groups is 1. The average molecular weight is 520 g/mol. The first-order valence-electron chi connectivity index (χ1n) is 11.5. The molecule has 2 heterocycles. The lowest BCUT2D eigenvalue weighted by molar-refractivity contribution is -0.134. The monoisotopic (exact) mass is 519 g/mol. The van der Waals surface area contributed by atoms with Gasteiger partial charge in [0.1, 0.15) is 5.75 Å². The van der Waals surface area contributed by atoms with Gasteiger partial charge in [0.05, 0.1) is 21.7 Å². The van der Waals surface area contributed by atoms with Gasteiger partial charge in [-0.05, 0) is 62.6 Å². The molecule has 0 atom stereocenters. The van der Waals surface area contributed by atoms with E-state index in [1.54, 1.807) is 23.5 Å². The van der Waals surface area contributed by atoms with Crippen LogP contribution < -0.4 is 15.1 Å². The maximum Gasteiger partial charge on any atom is 0.265 e. The van der Waals surface area contributed by atoms with Crippen LogP contribution in [0.25, 0.3) is 10.2 Å². The van der Waals surface area contributed by atoms with Gasteiger partial charge in [-0.2, -0.15) is 0 Å². The zero-order valence-electron chi connectivity index (χ0n) is 19.5. The van der Waals surface area contributed by atoms with Gasteiger partial charge in [0.2, 0.25) is 0 Å². The molecule has 0 unspecified atom stereocenters. The Bertz CT molecular complexity index is 1220. The highest BCUT2D eigenvalue weighted by atomic mass is 32.2. The first-order valence-corrected chi connectivity index (χ1v) is 13.8. The zero-order chi connectivity index (χ0) is 24.9. The topological polar surface area (TPSA) is 118 Å². The molecule has 4 rings (SSSR count). The molecule has 2 aromatic carbocycles. The summed E-state index contributed by atoms with van der Waals surface area (Å²) in [5.74, 6) is -0.394. The number of nitrogens with zero attached hydrogens (tertiary/aromatic N) is 2. The van der Waals surface area contributed by atoms with E-state index in [-0.39, 0.29) is 31.0 Å². The number of anilines is 1. The second-order valence-electron chi connectivity index (χ2n) is 8.27. The SMILES string of the molecule is CCN(CCCOc1ccc(S(=O)(=O)C2(C(=O)NO)CCOCC2)cc1)c1nc2ccccc2s1. The number of thiazole rings is 1. The molecular formula is C24H29N3O6S2. The number of para-hydroxylation sites is 1. The van der Waals surface area contributed by atoms with E-state index < -0.39 is 20.5 Å². The van der Waals surface area contributed by atoms with E-state index in [1.807, 2.05) is 18.2 Å². The number of amides is 1. The van der Waals surface area contributed by atoms with E-state index in [1.165, 1.54) is 17.6 Å². The summed E-state index contributed by atoms with van der Waals surface area (Å²) in [5, 5.41) is 10.1. The minimum absolute atomic E-state index is 0.00310. The number of benzene rings is 2. The molecular weight excluding hydrogens is 490 g/mol. The molecule has 0 aliphatic carbocycles. The van der Waals surface area contributed by atoms with Crippen molar-refractivity contribution in [2.24, 2.45) is 0 Å². The number of aromatic nitrogens is 1. The quantitative estimate of drug-likeness (QED) is 0.238. The lowest BCUT2D eigenvalue weighted by atomic mass is 9.98. The number of fused-ring (bicyclic) bond motifs is 1. The summed E-state index contributed by atoms with van der Waals surface area (Å²) in [4.78, 5) is 19.3. The van der Waals surface area contributed by atoms with E-state index >= 15 is 0 Å². The van der Waals surface area contributed by atoms with Gasteiger partial charge in [-0.15, -0.1) is 0 Å². The van der Waals surface area contributed by atoms with Crippen LogP contribution in [0.5, 0.6) is 5.75 Å². The van der Waals surface area contributed by atoms with Gasteiger partial charge in [0.25, 0.3) is 5.91 Å². The predicted molar refractivity (Wildman–Crippen MR) is 134 cm³/mol. The number of hydrogen-bond acceptors (Lipinski definition) is 9. The number of hydrogen-bond donors (Lipinski definition) is 2. The minimum atomic E-state index is -4.05. The third-order valence-corrected chi connectivity index (χ3v) is 9.85. The Morgan fingerprint density at radius 1 is 1.20 bits per heavy atom. The van der Waals surface area contributed by atoms with Gasteiger partial charge >= 0.3 is 0 Å². The molecule has 2 N–H and O–H groups in total. The molecule has 1 amide bonds. The molecule has 0 radical (unpaired) electrons. The van der Waals surface area contributed by atoms with Crippen molar-refractivity contribution in [2.75, 3.05) is 37.8 Å². The second kappa shape index (κ2) is 10.9. The van der Waals surface area contributed by atoms with E-state index in [0.29, 0.717) is 12.4 Å².